The number of nitrogens with one attached hydrogen (secondary N) is 2. The molecule has 0 radical (unpaired) electrons. The number of fused-ring (bicyclic) bond motifs is 3. The zero-order chi connectivity index (χ0) is 44.8. The average molecular weight is 880 g/mol. The second kappa shape index (κ2) is 14.9. The minimum absolute atomic E-state index is 0.151. The lowest BCUT2D eigenvalue weighted by Gasteiger charge is -2.15. The normalized spacial score (nSPS) is 11.8. The number of benzene rings is 6. The average Bonchev–Trinajstić information content (AvgIpc) is 3.59. The minimum atomic E-state index is -2.79. The van der Waals surface area contributed by atoms with Gasteiger partial charge in [-0.25, -0.2) is 79.0 Å². The third-order valence-corrected chi connectivity index (χ3v) is 9.27. The molecule has 0 bridgehead atoms. The number of ketones is 2. The van der Waals surface area contributed by atoms with Crippen LogP contribution in [0.1, 0.15) is 43.0 Å². The molecule has 4 nitrogen and oxygen atoms in total. The molecule has 0 heterocycles. The van der Waals surface area contributed by atoms with E-state index in [9.17, 15) is 53.5 Å². The van der Waals surface area contributed by atoms with E-state index >= 15 is 35.1 Å². The Balaban J connectivity index is 1.15. The van der Waals surface area contributed by atoms with Crippen molar-refractivity contribution in [1.29, 1.82) is 0 Å². The topological polar surface area (TPSA) is 58.2 Å². The van der Waals surface area contributed by atoms with Crippen LogP contribution < -0.4 is 10.6 Å². The first kappa shape index (κ1) is 42.1. The number of hydrogen-bond donors (Lipinski definition) is 2. The van der Waals surface area contributed by atoms with E-state index in [1.165, 1.54) is 12.1 Å². The Bertz CT molecular complexity index is 2670. The fraction of sp³-hybridized carbons (Fsp3) is 0.0256. The molecule has 0 unspecified atom stereocenters. The van der Waals surface area contributed by atoms with E-state index in [0.717, 1.165) is 24.3 Å². The van der Waals surface area contributed by atoms with Crippen LogP contribution in [0.4, 0.5) is 102 Å². The number of hydrogen-bond acceptors (Lipinski definition) is 4. The van der Waals surface area contributed by atoms with Crippen LogP contribution in [0.15, 0.2) is 36.4 Å². The summed E-state index contributed by atoms with van der Waals surface area (Å²) in [5.74, 6) is -52.9. The van der Waals surface area contributed by atoms with E-state index < -0.39 is 150 Å². The van der Waals surface area contributed by atoms with Gasteiger partial charge in [-0.05, 0) is 52.9 Å². The van der Waals surface area contributed by atoms with Gasteiger partial charge in [-0.2, -0.15) is 0 Å². The van der Waals surface area contributed by atoms with E-state index in [1.807, 2.05) is 10.6 Å². The summed E-state index contributed by atoms with van der Waals surface area (Å²) in [6.45, 7) is 0. The van der Waals surface area contributed by atoms with Gasteiger partial charge in [0.2, 0.25) is 23.2 Å². The van der Waals surface area contributed by atoms with Crippen molar-refractivity contribution in [3.8, 4) is 11.1 Å². The van der Waals surface area contributed by atoms with E-state index in [1.54, 1.807) is 0 Å². The molecular formula is C39H10F18N2O2. The van der Waals surface area contributed by atoms with E-state index in [0.29, 0.717) is 11.1 Å². The molecule has 1 aliphatic rings. The van der Waals surface area contributed by atoms with Crippen LogP contribution in [0.25, 0.3) is 11.1 Å². The largest absolute Gasteiger partial charge is 0.351 e. The molecule has 2 N–H and O–H groups in total. The number of anilines is 4. The third kappa shape index (κ3) is 6.38. The SMILES string of the molecule is O=C(c1c(F)c(F)c(F)c(F)c1F)c1c(F)c(F)c(Nc2ccc3c(c2)Cc2cc(Nc4c(F)c(F)c(C(=O)c5c(F)c(F)c(F)c(F)c5F)c(F)c4F)ccc2-3)c(F)c1F. The van der Waals surface area contributed by atoms with Crippen LogP contribution in [-0.4, -0.2) is 11.6 Å². The highest BCUT2D eigenvalue weighted by Gasteiger charge is 2.38. The molecule has 6 aromatic rings. The summed E-state index contributed by atoms with van der Waals surface area (Å²) in [5.41, 5.74) is -12.2. The van der Waals surface area contributed by atoms with Gasteiger partial charge < -0.3 is 10.6 Å². The predicted octanol–water partition coefficient (Wildman–Crippen LogP) is 11.7. The van der Waals surface area contributed by atoms with Crippen LogP contribution in [0.2, 0.25) is 0 Å². The van der Waals surface area contributed by atoms with Crippen molar-refractivity contribution in [2.45, 2.75) is 6.42 Å². The summed E-state index contributed by atoms with van der Waals surface area (Å²) in [4.78, 5) is 25.1. The van der Waals surface area contributed by atoms with Crippen molar-refractivity contribution >= 4 is 34.3 Å². The van der Waals surface area contributed by atoms with Crippen LogP contribution in [0.3, 0.4) is 0 Å². The highest BCUT2D eigenvalue weighted by atomic mass is 19.2. The number of rotatable bonds is 8. The molecule has 7 rings (SSSR count). The molecule has 1 aliphatic carbocycles. The molecule has 0 saturated heterocycles. The van der Waals surface area contributed by atoms with Crippen molar-refractivity contribution < 1.29 is 88.6 Å². The fourth-order valence-electron chi connectivity index (χ4n) is 6.39. The van der Waals surface area contributed by atoms with Crippen molar-refractivity contribution in [2.24, 2.45) is 0 Å². The Morgan fingerprint density at radius 3 is 0.820 bits per heavy atom. The van der Waals surface area contributed by atoms with Gasteiger partial charge in [0, 0.05) is 11.4 Å². The van der Waals surface area contributed by atoms with Gasteiger partial charge in [0.25, 0.3) is 0 Å². The maximum absolute atomic E-state index is 15.1. The van der Waals surface area contributed by atoms with Crippen LogP contribution in [0.5, 0.6) is 0 Å². The summed E-state index contributed by atoms with van der Waals surface area (Å²) in [6, 6.07) is 7.04. The lowest BCUT2D eigenvalue weighted by Crippen LogP contribution is -2.18. The van der Waals surface area contributed by atoms with Gasteiger partial charge in [0.1, 0.15) is 33.6 Å². The monoisotopic (exact) mass is 880 g/mol. The van der Waals surface area contributed by atoms with Gasteiger partial charge in [0.15, 0.2) is 93.1 Å². The zero-order valence-electron chi connectivity index (χ0n) is 28.8. The van der Waals surface area contributed by atoms with E-state index in [2.05, 4.69) is 0 Å². The summed E-state index contributed by atoms with van der Waals surface area (Å²) in [6.07, 6.45) is -0.151. The summed E-state index contributed by atoms with van der Waals surface area (Å²) in [5, 5.41) is 3.98. The zero-order valence-corrected chi connectivity index (χ0v) is 28.8. The van der Waals surface area contributed by atoms with Gasteiger partial charge >= 0.3 is 0 Å². The molecule has 0 fully saturated rings. The quantitative estimate of drug-likeness (QED) is 0.0691. The maximum atomic E-state index is 15.1. The summed E-state index contributed by atoms with van der Waals surface area (Å²) in [7, 11) is 0. The molecule has 22 heteroatoms. The fourth-order valence-corrected chi connectivity index (χ4v) is 6.39. The van der Waals surface area contributed by atoms with Crippen LogP contribution in [0, 0.1) is 105 Å². The Morgan fingerprint density at radius 2 is 0.557 bits per heavy atom. The molecule has 0 atom stereocenters. The molecule has 314 valence electrons. The smallest absolute Gasteiger partial charge is 0.205 e. The van der Waals surface area contributed by atoms with E-state index in [4.69, 9.17) is 0 Å². The van der Waals surface area contributed by atoms with Gasteiger partial charge in [-0.1, -0.05) is 12.1 Å². The van der Waals surface area contributed by atoms with Gasteiger partial charge in [-0.3, -0.25) is 9.59 Å². The standard InChI is InChI=1S/C39H10F18N2O2/c40-18-14(19(41)27(49)30(52)26(18)48)38(60)16-22(44)32(54)36(33(55)23(16)45)58-10-1-3-12-8(6-10)5-9-7-11(2-4-13(9)12)59-37-34(56)24(46)17(25(47)35(37)57)39(61)15-20(42)28(50)31(53)29(51)21(15)43/h1-4,6-7,58-59H,5H2. The number of carbonyl (C=O) groups is 2. The maximum Gasteiger partial charge on any atom is 0.205 e. The highest BCUT2D eigenvalue weighted by Crippen LogP contribution is 2.42. The lowest BCUT2D eigenvalue weighted by molar-refractivity contribution is 0.100. The second-order valence-electron chi connectivity index (χ2n) is 12.7. The highest BCUT2D eigenvalue weighted by molar-refractivity contribution is 6.11. The molecular weight excluding hydrogens is 870 g/mol. The number of halogens is 18. The first-order valence-corrected chi connectivity index (χ1v) is 16.2. The van der Waals surface area contributed by atoms with Crippen molar-refractivity contribution in [1.82, 2.24) is 0 Å². The summed E-state index contributed by atoms with van der Waals surface area (Å²) < 4.78 is 259. The predicted molar refractivity (Wildman–Crippen MR) is 173 cm³/mol. The van der Waals surface area contributed by atoms with Crippen molar-refractivity contribution in [3.63, 3.8) is 0 Å². The molecule has 0 amide bonds. The molecule has 0 aliphatic heterocycles. The molecule has 61 heavy (non-hydrogen) atoms. The van der Waals surface area contributed by atoms with Crippen LogP contribution >= 0.6 is 0 Å². The van der Waals surface area contributed by atoms with Crippen LogP contribution in [-0.2, 0) is 6.42 Å². The Labute approximate surface area is 325 Å². The molecule has 0 aromatic heterocycles. The summed E-state index contributed by atoms with van der Waals surface area (Å²) >= 11 is 0. The molecule has 0 saturated carbocycles. The number of carbonyl (C=O) groups excluding carboxylic acids is 2. The molecule has 0 spiro atoms. The third-order valence-electron chi connectivity index (χ3n) is 9.27. The Morgan fingerprint density at radius 1 is 0.328 bits per heavy atom. The molecule has 6 aromatic carbocycles. The van der Waals surface area contributed by atoms with E-state index in [-0.39, 0.29) is 28.9 Å². The van der Waals surface area contributed by atoms with Gasteiger partial charge in [0.05, 0.1) is 0 Å². The van der Waals surface area contributed by atoms with Crippen molar-refractivity contribution in [2.75, 3.05) is 10.6 Å². The van der Waals surface area contributed by atoms with Crippen molar-refractivity contribution in [3.05, 3.63) is 174 Å². The minimum Gasteiger partial charge on any atom is -0.351 e. The Hall–Kier alpha value is -7.00. The lowest BCUT2D eigenvalue weighted by atomic mass is 9.99. The first-order valence-electron chi connectivity index (χ1n) is 16.2. The Kier molecular flexibility index (Phi) is 10.3. The second-order valence-corrected chi connectivity index (χ2v) is 12.7. The first-order chi connectivity index (χ1) is 28.6. The van der Waals surface area contributed by atoms with Gasteiger partial charge in [-0.15, -0.1) is 0 Å².